The number of benzene rings is 1. The molecule has 1 fully saturated rings. The predicted octanol–water partition coefficient (Wildman–Crippen LogP) is 2.87. The highest BCUT2D eigenvalue weighted by atomic mass is 16.5. The van der Waals surface area contributed by atoms with Gasteiger partial charge in [-0.25, -0.2) is 4.79 Å². The molecule has 0 radical (unpaired) electrons. The van der Waals surface area contributed by atoms with Crippen LogP contribution in [0.1, 0.15) is 36.5 Å². The van der Waals surface area contributed by atoms with Crippen molar-refractivity contribution in [1.82, 2.24) is 0 Å². The molecule has 2 aliphatic rings. The molecular formula is C19H22O6. The Kier molecular flexibility index (Phi) is 5.38. The van der Waals surface area contributed by atoms with Gasteiger partial charge in [-0.1, -0.05) is 0 Å². The molecule has 0 aromatic heterocycles. The number of esters is 1. The first-order chi connectivity index (χ1) is 12.1. The number of carbonyl (C=O) groups excluding carboxylic acids is 2. The molecule has 3 atom stereocenters. The van der Waals surface area contributed by atoms with Crippen LogP contribution in [0.25, 0.3) is 0 Å². The molecule has 0 amide bonds. The molecule has 134 valence electrons. The van der Waals surface area contributed by atoms with E-state index in [9.17, 15) is 9.59 Å². The second-order valence-electron chi connectivity index (χ2n) is 6.15. The smallest absolute Gasteiger partial charge is 0.338 e. The van der Waals surface area contributed by atoms with Gasteiger partial charge in [-0.05, 0) is 44.0 Å². The zero-order chi connectivity index (χ0) is 17.8. The number of carbonyl (C=O) groups is 2. The van der Waals surface area contributed by atoms with E-state index in [1.54, 1.807) is 38.3 Å². The minimum absolute atomic E-state index is 0.0414. The van der Waals surface area contributed by atoms with Gasteiger partial charge >= 0.3 is 5.97 Å². The number of methoxy groups -OCH3 is 1. The fraction of sp³-hybridized carbons (Fsp3) is 0.474. The Bertz CT molecular complexity index is 663. The lowest BCUT2D eigenvalue weighted by atomic mass is 9.80. The molecule has 1 aliphatic heterocycles. The van der Waals surface area contributed by atoms with Crippen LogP contribution < -0.4 is 4.74 Å². The number of rotatable bonds is 5. The molecule has 0 spiro atoms. The van der Waals surface area contributed by atoms with Gasteiger partial charge < -0.3 is 18.9 Å². The van der Waals surface area contributed by atoms with Crippen molar-refractivity contribution in [2.24, 2.45) is 5.92 Å². The van der Waals surface area contributed by atoms with Crippen LogP contribution in [0.4, 0.5) is 0 Å². The molecule has 1 aliphatic carbocycles. The van der Waals surface area contributed by atoms with Gasteiger partial charge in [0.1, 0.15) is 18.1 Å². The number of hydrogen-bond donors (Lipinski definition) is 0. The van der Waals surface area contributed by atoms with Gasteiger partial charge in [-0.15, -0.1) is 0 Å². The Morgan fingerprint density at radius 2 is 2.00 bits per heavy atom. The summed E-state index contributed by atoms with van der Waals surface area (Å²) >= 11 is 0. The first-order valence-corrected chi connectivity index (χ1v) is 8.50. The highest BCUT2D eigenvalue weighted by Gasteiger charge is 2.41. The second kappa shape index (κ2) is 7.70. The number of ether oxygens (including phenoxy) is 4. The third-order valence-electron chi connectivity index (χ3n) is 4.60. The molecule has 1 saturated carbocycles. The summed E-state index contributed by atoms with van der Waals surface area (Å²) in [7, 11) is 1.68. The molecule has 0 saturated heterocycles. The first kappa shape index (κ1) is 17.5. The first-order valence-electron chi connectivity index (χ1n) is 8.50. The third kappa shape index (κ3) is 3.85. The lowest BCUT2D eigenvalue weighted by Gasteiger charge is -2.36. The SMILES string of the molecule is CCOC(=O)c1ccc(OC2=COC3CC(OC)CCC3C2=O)cc1. The van der Waals surface area contributed by atoms with E-state index in [0.29, 0.717) is 24.3 Å². The second-order valence-corrected chi connectivity index (χ2v) is 6.15. The molecule has 1 aromatic carbocycles. The molecule has 1 heterocycles. The van der Waals surface area contributed by atoms with E-state index in [0.717, 1.165) is 12.8 Å². The van der Waals surface area contributed by atoms with E-state index in [-0.39, 0.29) is 35.6 Å². The van der Waals surface area contributed by atoms with Gasteiger partial charge in [0.2, 0.25) is 11.5 Å². The summed E-state index contributed by atoms with van der Waals surface area (Å²) in [5.41, 5.74) is 0.437. The number of allylic oxidation sites excluding steroid dienone is 1. The summed E-state index contributed by atoms with van der Waals surface area (Å²) in [5, 5.41) is 0. The topological polar surface area (TPSA) is 71.1 Å². The monoisotopic (exact) mass is 346 g/mol. The van der Waals surface area contributed by atoms with E-state index in [1.807, 2.05) is 0 Å². The van der Waals surface area contributed by atoms with Crippen molar-refractivity contribution in [2.75, 3.05) is 13.7 Å². The Balaban J connectivity index is 1.66. The Hall–Kier alpha value is -2.34. The van der Waals surface area contributed by atoms with Crippen molar-refractivity contribution in [3.8, 4) is 5.75 Å². The fourth-order valence-corrected chi connectivity index (χ4v) is 3.22. The highest BCUT2D eigenvalue weighted by molar-refractivity contribution is 5.96. The van der Waals surface area contributed by atoms with Crippen LogP contribution in [0.5, 0.6) is 5.75 Å². The predicted molar refractivity (Wildman–Crippen MR) is 89.1 cm³/mol. The zero-order valence-electron chi connectivity index (χ0n) is 14.4. The molecule has 6 nitrogen and oxygen atoms in total. The molecular weight excluding hydrogens is 324 g/mol. The molecule has 0 N–H and O–H groups in total. The lowest BCUT2D eigenvalue weighted by molar-refractivity contribution is -0.133. The van der Waals surface area contributed by atoms with Crippen LogP contribution in [-0.4, -0.2) is 37.7 Å². The average Bonchev–Trinajstić information content (AvgIpc) is 2.64. The van der Waals surface area contributed by atoms with Crippen LogP contribution in [0, 0.1) is 5.92 Å². The van der Waals surface area contributed by atoms with Crippen molar-refractivity contribution in [1.29, 1.82) is 0 Å². The van der Waals surface area contributed by atoms with Crippen molar-refractivity contribution in [3.05, 3.63) is 41.9 Å². The van der Waals surface area contributed by atoms with E-state index >= 15 is 0 Å². The molecule has 1 aromatic rings. The van der Waals surface area contributed by atoms with E-state index in [1.165, 1.54) is 6.26 Å². The summed E-state index contributed by atoms with van der Waals surface area (Å²) in [6, 6.07) is 6.48. The summed E-state index contributed by atoms with van der Waals surface area (Å²) in [5.74, 6) is 0.0508. The molecule has 6 heteroatoms. The minimum atomic E-state index is -0.386. The molecule has 25 heavy (non-hydrogen) atoms. The van der Waals surface area contributed by atoms with Crippen molar-refractivity contribution < 1.29 is 28.5 Å². The number of ketones is 1. The summed E-state index contributed by atoms with van der Waals surface area (Å²) in [6.45, 7) is 2.08. The Morgan fingerprint density at radius 1 is 1.24 bits per heavy atom. The number of Topliss-reactive ketones (excluding diaryl/α,β-unsaturated/α-hetero) is 1. The van der Waals surface area contributed by atoms with Crippen LogP contribution in [0.2, 0.25) is 0 Å². The minimum Gasteiger partial charge on any atom is -0.493 e. The fourth-order valence-electron chi connectivity index (χ4n) is 3.22. The van der Waals surface area contributed by atoms with Gasteiger partial charge in [0.25, 0.3) is 0 Å². The van der Waals surface area contributed by atoms with Gasteiger partial charge in [0.05, 0.1) is 24.2 Å². The Labute approximate surface area is 146 Å². The Morgan fingerprint density at radius 3 is 2.68 bits per heavy atom. The van der Waals surface area contributed by atoms with Crippen LogP contribution in [-0.2, 0) is 19.0 Å². The van der Waals surface area contributed by atoms with E-state index in [2.05, 4.69) is 0 Å². The number of fused-ring (bicyclic) bond motifs is 1. The summed E-state index contributed by atoms with van der Waals surface area (Å²) in [4.78, 5) is 24.3. The maximum Gasteiger partial charge on any atom is 0.338 e. The largest absolute Gasteiger partial charge is 0.493 e. The van der Waals surface area contributed by atoms with Gasteiger partial charge in [0, 0.05) is 13.5 Å². The standard InChI is InChI=1S/C19H22O6/c1-3-23-19(21)12-4-6-13(7-5-12)25-17-11-24-16-10-14(22-2)8-9-15(16)18(17)20/h4-7,11,14-16H,3,8-10H2,1-2H3. The van der Waals surface area contributed by atoms with Crippen LogP contribution in [0.15, 0.2) is 36.3 Å². The highest BCUT2D eigenvalue weighted by Crippen LogP contribution is 2.34. The molecule has 3 rings (SSSR count). The van der Waals surface area contributed by atoms with Gasteiger partial charge in [0.15, 0.2) is 0 Å². The van der Waals surface area contributed by atoms with Crippen molar-refractivity contribution in [3.63, 3.8) is 0 Å². The average molecular weight is 346 g/mol. The van der Waals surface area contributed by atoms with Gasteiger partial charge in [-0.3, -0.25) is 4.79 Å². The van der Waals surface area contributed by atoms with Crippen molar-refractivity contribution >= 4 is 11.8 Å². The van der Waals surface area contributed by atoms with Gasteiger partial charge in [-0.2, -0.15) is 0 Å². The lowest BCUT2D eigenvalue weighted by Crippen LogP contribution is -2.42. The quantitative estimate of drug-likeness (QED) is 0.764. The van der Waals surface area contributed by atoms with E-state index in [4.69, 9.17) is 18.9 Å². The third-order valence-corrected chi connectivity index (χ3v) is 4.60. The summed E-state index contributed by atoms with van der Waals surface area (Å²) < 4.78 is 21.7. The van der Waals surface area contributed by atoms with Crippen LogP contribution in [0.3, 0.4) is 0 Å². The maximum atomic E-state index is 12.6. The molecule has 0 bridgehead atoms. The maximum absolute atomic E-state index is 12.6. The van der Waals surface area contributed by atoms with Crippen molar-refractivity contribution in [2.45, 2.75) is 38.4 Å². The van der Waals surface area contributed by atoms with E-state index < -0.39 is 0 Å². The zero-order valence-corrected chi connectivity index (χ0v) is 14.4. The normalized spacial score (nSPS) is 25.4. The summed E-state index contributed by atoms with van der Waals surface area (Å²) in [6.07, 6.45) is 3.66. The molecule has 3 unspecified atom stereocenters. The van der Waals surface area contributed by atoms with Crippen LogP contribution >= 0.6 is 0 Å². The number of hydrogen-bond acceptors (Lipinski definition) is 6.